The third-order valence-electron chi connectivity index (χ3n) is 6.00. The highest BCUT2D eigenvalue weighted by Crippen LogP contribution is 2.25. The summed E-state index contributed by atoms with van der Waals surface area (Å²) in [5.74, 6) is 2.80. The Hall–Kier alpha value is -3.38. The van der Waals surface area contributed by atoms with Crippen LogP contribution in [0.1, 0.15) is 67.9 Å². The molecule has 1 aromatic heterocycles. The zero-order chi connectivity index (χ0) is 29.2. The maximum Gasteiger partial charge on any atom is 0.129 e. The van der Waals surface area contributed by atoms with Gasteiger partial charge in [0, 0.05) is 36.2 Å². The number of hydrogen-bond donors (Lipinski definition) is 2. The van der Waals surface area contributed by atoms with Crippen molar-refractivity contribution in [2.75, 3.05) is 21.3 Å². The fourth-order valence-electron chi connectivity index (χ4n) is 3.86. The average molecular weight is 554 g/mol. The first kappa shape index (κ1) is 33.6. The first-order valence-electron chi connectivity index (χ1n) is 13.3. The van der Waals surface area contributed by atoms with Crippen molar-refractivity contribution < 1.29 is 14.2 Å². The second kappa shape index (κ2) is 18.8. The Labute approximate surface area is 239 Å². The second-order valence-electron chi connectivity index (χ2n) is 8.89. The van der Waals surface area contributed by atoms with Gasteiger partial charge >= 0.3 is 0 Å². The Morgan fingerprint density at radius 1 is 0.872 bits per heavy atom. The highest BCUT2D eigenvalue weighted by atomic mass is 35.5. The van der Waals surface area contributed by atoms with E-state index in [4.69, 9.17) is 36.6 Å². The van der Waals surface area contributed by atoms with Gasteiger partial charge in [-0.3, -0.25) is 0 Å². The Morgan fingerprint density at radius 3 is 1.95 bits per heavy atom. The second-order valence-corrected chi connectivity index (χ2v) is 9.27. The molecule has 6 nitrogen and oxygen atoms in total. The minimum Gasteiger partial charge on any atom is -0.497 e. The standard InChI is InChI=1S/C12H18O.C11H16O2.C9H10ClN3/c1-4-6-11-8-7-10(5-2)9-12(11)13-3;1-4-5-9-6-7-10(12-2)8-11(9)13-3;1-6-4-9(10)13-5-7(6)8(12)2-3-11/h7-9H,4-6H2,1-3H3;6-8H,4-5H2,1-3H3;3-5,11-12H,2H2,1H3. The quantitative estimate of drug-likeness (QED) is 0.184. The van der Waals surface area contributed by atoms with Crippen molar-refractivity contribution in [3.8, 4) is 17.2 Å². The molecule has 0 bridgehead atoms. The van der Waals surface area contributed by atoms with Gasteiger partial charge in [0.1, 0.15) is 22.4 Å². The van der Waals surface area contributed by atoms with Crippen molar-refractivity contribution in [1.82, 2.24) is 4.98 Å². The molecule has 0 saturated heterocycles. The Bertz CT molecular complexity index is 1120. The fraction of sp³-hybridized carbons (Fsp3) is 0.406. The summed E-state index contributed by atoms with van der Waals surface area (Å²) in [6.07, 6.45) is 8.64. The van der Waals surface area contributed by atoms with Crippen LogP contribution in [-0.4, -0.2) is 38.2 Å². The van der Waals surface area contributed by atoms with Crippen LogP contribution < -0.4 is 14.2 Å². The fourth-order valence-corrected chi connectivity index (χ4v) is 4.07. The predicted molar refractivity (Wildman–Crippen MR) is 164 cm³/mol. The van der Waals surface area contributed by atoms with Crippen LogP contribution in [0.15, 0.2) is 48.7 Å². The van der Waals surface area contributed by atoms with Gasteiger partial charge in [0.25, 0.3) is 0 Å². The molecule has 7 heteroatoms. The van der Waals surface area contributed by atoms with Crippen molar-refractivity contribution >= 4 is 23.5 Å². The number of ether oxygens (including phenoxy) is 3. The number of aromatic nitrogens is 1. The molecule has 2 aromatic carbocycles. The molecular formula is C32H44ClN3O3. The van der Waals surface area contributed by atoms with Gasteiger partial charge in [-0.15, -0.1) is 0 Å². The highest BCUT2D eigenvalue weighted by molar-refractivity contribution is 6.29. The lowest BCUT2D eigenvalue weighted by Gasteiger charge is -2.08. The Balaban J connectivity index is 0.000000292. The molecule has 0 aliphatic rings. The number of benzene rings is 2. The molecule has 39 heavy (non-hydrogen) atoms. The number of pyridine rings is 1. The van der Waals surface area contributed by atoms with Gasteiger partial charge in [0.05, 0.1) is 21.3 Å². The van der Waals surface area contributed by atoms with Gasteiger partial charge in [-0.05, 0) is 66.6 Å². The molecule has 2 N–H and O–H groups in total. The largest absolute Gasteiger partial charge is 0.497 e. The molecule has 212 valence electrons. The molecule has 0 atom stereocenters. The van der Waals surface area contributed by atoms with Crippen LogP contribution in [0.3, 0.4) is 0 Å². The van der Waals surface area contributed by atoms with Gasteiger partial charge < -0.3 is 25.0 Å². The van der Waals surface area contributed by atoms with Crippen molar-refractivity contribution in [1.29, 1.82) is 10.8 Å². The highest BCUT2D eigenvalue weighted by Gasteiger charge is 2.05. The lowest BCUT2D eigenvalue weighted by Crippen LogP contribution is -2.02. The van der Waals surface area contributed by atoms with Crippen LogP contribution >= 0.6 is 11.6 Å². The number of nitrogens with zero attached hydrogens (tertiary/aromatic N) is 1. The maximum atomic E-state index is 7.61. The number of rotatable bonds is 11. The molecule has 3 rings (SSSR count). The molecule has 0 amide bonds. The summed E-state index contributed by atoms with van der Waals surface area (Å²) < 4.78 is 15.7. The predicted octanol–water partition coefficient (Wildman–Crippen LogP) is 8.32. The average Bonchev–Trinajstić information content (AvgIpc) is 2.94. The summed E-state index contributed by atoms with van der Waals surface area (Å²) in [7, 11) is 5.09. The van der Waals surface area contributed by atoms with Crippen LogP contribution in [-0.2, 0) is 19.3 Å². The first-order chi connectivity index (χ1) is 18.8. The maximum absolute atomic E-state index is 7.61. The summed E-state index contributed by atoms with van der Waals surface area (Å²) in [4.78, 5) is 3.89. The lowest BCUT2D eigenvalue weighted by molar-refractivity contribution is 0.391. The number of halogens is 1. The smallest absolute Gasteiger partial charge is 0.129 e. The molecule has 0 spiro atoms. The normalized spacial score (nSPS) is 9.85. The molecule has 0 saturated carbocycles. The topological polar surface area (TPSA) is 88.3 Å². The van der Waals surface area contributed by atoms with Crippen molar-refractivity contribution in [3.63, 3.8) is 0 Å². The zero-order valence-electron chi connectivity index (χ0n) is 24.5. The molecule has 0 fully saturated rings. The van der Waals surface area contributed by atoms with Gasteiger partial charge in [-0.25, -0.2) is 4.98 Å². The van der Waals surface area contributed by atoms with Crippen molar-refractivity contribution in [3.05, 3.63) is 81.6 Å². The van der Waals surface area contributed by atoms with Crippen LogP contribution in [0.2, 0.25) is 5.15 Å². The van der Waals surface area contributed by atoms with Gasteiger partial charge in [0.2, 0.25) is 0 Å². The summed E-state index contributed by atoms with van der Waals surface area (Å²) in [5.41, 5.74) is 5.99. The third kappa shape index (κ3) is 11.5. The van der Waals surface area contributed by atoms with Crippen LogP contribution in [0.4, 0.5) is 0 Å². The van der Waals surface area contributed by atoms with E-state index in [1.54, 1.807) is 33.6 Å². The first-order valence-corrected chi connectivity index (χ1v) is 13.7. The zero-order valence-corrected chi connectivity index (χ0v) is 25.2. The molecule has 0 aliphatic carbocycles. The van der Waals surface area contributed by atoms with E-state index >= 15 is 0 Å². The van der Waals surface area contributed by atoms with Crippen LogP contribution in [0, 0.1) is 17.7 Å². The summed E-state index contributed by atoms with van der Waals surface area (Å²) in [6.45, 7) is 8.38. The van der Waals surface area contributed by atoms with E-state index in [1.807, 2.05) is 19.1 Å². The number of aryl methyl sites for hydroxylation is 4. The lowest BCUT2D eigenvalue weighted by atomic mass is 10.1. The molecule has 0 aliphatic heterocycles. The van der Waals surface area contributed by atoms with E-state index < -0.39 is 0 Å². The molecule has 0 unspecified atom stereocenters. The van der Waals surface area contributed by atoms with E-state index in [-0.39, 0.29) is 0 Å². The monoisotopic (exact) mass is 553 g/mol. The minimum atomic E-state index is 0.337. The van der Waals surface area contributed by atoms with Crippen molar-refractivity contribution in [2.24, 2.45) is 0 Å². The van der Waals surface area contributed by atoms with Crippen molar-refractivity contribution in [2.45, 2.75) is 66.2 Å². The van der Waals surface area contributed by atoms with E-state index in [0.29, 0.717) is 17.3 Å². The van der Waals surface area contributed by atoms with E-state index in [1.165, 1.54) is 29.3 Å². The van der Waals surface area contributed by atoms with Gasteiger partial charge in [-0.1, -0.05) is 63.4 Å². The van der Waals surface area contributed by atoms with Crippen LogP contribution in [0.25, 0.3) is 0 Å². The SMILES string of the molecule is CCCc1ccc(CC)cc1OC.CCCc1ccc(OC)cc1OC.Cc1cc(Cl)ncc1C(=N)CC=N. The van der Waals surface area contributed by atoms with E-state index in [2.05, 4.69) is 50.0 Å². The molecule has 0 radical (unpaired) electrons. The Kier molecular flexibility index (Phi) is 16.2. The number of methoxy groups -OCH3 is 3. The third-order valence-corrected chi connectivity index (χ3v) is 6.21. The van der Waals surface area contributed by atoms with Gasteiger partial charge in [-0.2, -0.15) is 0 Å². The Morgan fingerprint density at radius 2 is 1.46 bits per heavy atom. The van der Waals surface area contributed by atoms with E-state index in [9.17, 15) is 0 Å². The number of nitrogens with one attached hydrogen (secondary N) is 2. The molecular weight excluding hydrogens is 510 g/mol. The van der Waals surface area contributed by atoms with Gasteiger partial charge in [0.15, 0.2) is 0 Å². The minimum absolute atomic E-state index is 0.337. The van der Waals surface area contributed by atoms with E-state index in [0.717, 1.165) is 54.1 Å². The number of hydrogen-bond acceptors (Lipinski definition) is 6. The molecule has 3 aromatic rings. The van der Waals surface area contributed by atoms with Crippen LogP contribution in [0.5, 0.6) is 17.2 Å². The summed E-state index contributed by atoms with van der Waals surface area (Å²) in [6, 6.07) is 14.2. The molecule has 1 heterocycles. The summed E-state index contributed by atoms with van der Waals surface area (Å²) in [5, 5.41) is 14.9. The summed E-state index contributed by atoms with van der Waals surface area (Å²) >= 11 is 5.67.